The number of thiophene rings is 1. The summed E-state index contributed by atoms with van der Waals surface area (Å²) >= 11 is 1.18. The maximum absolute atomic E-state index is 13.1. The zero-order chi connectivity index (χ0) is 21.7. The van der Waals surface area contributed by atoms with Gasteiger partial charge in [0.15, 0.2) is 0 Å². The Kier molecular flexibility index (Phi) is 4.62. The van der Waals surface area contributed by atoms with Crippen LogP contribution < -0.4 is 11.2 Å². The molecule has 0 saturated heterocycles. The van der Waals surface area contributed by atoms with Crippen molar-refractivity contribution in [3.05, 3.63) is 61.6 Å². The first-order chi connectivity index (χ1) is 14.3. The highest BCUT2D eigenvalue weighted by Gasteiger charge is 2.29. The molecule has 0 unspecified atom stereocenters. The Morgan fingerprint density at radius 1 is 1.13 bits per heavy atom. The maximum Gasteiger partial charge on any atom is 0.342 e. The summed E-state index contributed by atoms with van der Waals surface area (Å²) in [5, 5.41) is 11.2. The Hall–Kier alpha value is -3.59. The zero-order valence-corrected chi connectivity index (χ0v) is 17.6. The number of esters is 1. The average molecular weight is 425 g/mol. The van der Waals surface area contributed by atoms with Crippen molar-refractivity contribution in [1.29, 1.82) is 0 Å². The molecular formula is C21H19N3O5S. The fraction of sp³-hybridized carbons (Fsp3) is 0.190. The number of H-pyrrole nitrogens is 1. The molecule has 0 atom stereocenters. The molecule has 0 aliphatic carbocycles. The van der Waals surface area contributed by atoms with Crippen LogP contribution in [0.5, 0.6) is 5.75 Å². The van der Waals surface area contributed by atoms with Gasteiger partial charge in [-0.2, -0.15) is 0 Å². The monoisotopic (exact) mass is 425 g/mol. The van der Waals surface area contributed by atoms with Gasteiger partial charge in [-0.15, -0.1) is 11.3 Å². The Labute approximate surface area is 174 Å². The second-order valence-electron chi connectivity index (χ2n) is 6.87. The van der Waals surface area contributed by atoms with Gasteiger partial charge in [-0.3, -0.25) is 13.9 Å². The molecule has 0 fully saturated rings. The van der Waals surface area contributed by atoms with E-state index in [9.17, 15) is 19.5 Å². The summed E-state index contributed by atoms with van der Waals surface area (Å²) in [4.78, 5) is 41.8. The normalized spacial score (nSPS) is 11.2. The van der Waals surface area contributed by atoms with Crippen LogP contribution in [-0.2, 0) is 18.8 Å². The lowest BCUT2D eigenvalue weighted by atomic mass is 10.0. The van der Waals surface area contributed by atoms with Gasteiger partial charge in [0.25, 0.3) is 5.56 Å². The predicted molar refractivity (Wildman–Crippen MR) is 115 cm³/mol. The summed E-state index contributed by atoms with van der Waals surface area (Å²) in [5.41, 5.74) is 1.20. The summed E-state index contributed by atoms with van der Waals surface area (Å²) in [7, 11) is 4.21. The minimum absolute atomic E-state index is 0.0625. The third kappa shape index (κ3) is 2.70. The van der Waals surface area contributed by atoms with E-state index < -0.39 is 17.2 Å². The van der Waals surface area contributed by atoms with E-state index in [4.69, 9.17) is 4.74 Å². The summed E-state index contributed by atoms with van der Waals surface area (Å²) in [6.07, 6.45) is 0. The lowest BCUT2D eigenvalue weighted by Crippen LogP contribution is -2.36. The number of hydrogen-bond donors (Lipinski definition) is 2. The van der Waals surface area contributed by atoms with Crippen LogP contribution >= 0.6 is 11.3 Å². The van der Waals surface area contributed by atoms with E-state index in [-0.39, 0.29) is 16.7 Å². The molecule has 2 N–H and O–H groups in total. The first-order valence-corrected chi connectivity index (χ1v) is 9.87. The molecule has 0 radical (unpaired) electrons. The van der Waals surface area contributed by atoms with E-state index in [2.05, 4.69) is 4.98 Å². The number of nitrogens with zero attached hydrogens (tertiary/aromatic N) is 2. The highest BCUT2D eigenvalue weighted by molar-refractivity contribution is 7.16. The number of methoxy groups -OCH3 is 1. The number of aryl methyl sites for hydroxylation is 2. The van der Waals surface area contributed by atoms with Crippen molar-refractivity contribution in [3.8, 4) is 27.4 Å². The molecule has 3 heterocycles. The van der Waals surface area contributed by atoms with Crippen LogP contribution in [0.15, 0.2) is 39.9 Å². The number of benzene rings is 1. The van der Waals surface area contributed by atoms with Crippen molar-refractivity contribution in [2.75, 3.05) is 7.11 Å². The van der Waals surface area contributed by atoms with Gasteiger partial charge in [-0.05, 0) is 12.5 Å². The molecule has 0 bridgehead atoms. The van der Waals surface area contributed by atoms with Gasteiger partial charge in [0.1, 0.15) is 17.0 Å². The number of aromatic nitrogens is 3. The van der Waals surface area contributed by atoms with Crippen LogP contribution in [0, 0.1) is 6.92 Å². The van der Waals surface area contributed by atoms with Gasteiger partial charge in [0.05, 0.1) is 23.1 Å². The molecule has 0 aliphatic rings. The average Bonchev–Trinajstić information content (AvgIpc) is 3.28. The van der Waals surface area contributed by atoms with Crippen LogP contribution in [-0.4, -0.2) is 32.3 Å². The number of fused-ring (bicyclic) bond motifs is 1. The first kappa shape index (κ1) is 19.7. The predicted octanol–water partition coefficient (Wildman–Crippen LogP) is 2.76. The van der Waals surface area contributed by atoms with Crippen LogP contribution in [0.2, 0.25) is 0 Å². The number of aromatic amines is 1. The van der Waals surface area contributed by atoms with Gasteiger partial charge in [-0.25, -0.2) is 9.59 Å². The van der Waals surface area contributed by atoms with Gasteiger partial charge >= 0.3 is 11.7 Å². The molecule has 4 rings (SSSR count). The van der Waals surface area contributed by atoms with Crippen molar-refractivity contribution in [2.45, 2.75) is 6.92 Å². The van der Waals surface area contributed by atoms with E-state index in [1.54, 1.807) is 14.0 Å². The number of carbonyl (C=O) groups excluding carboxylic acids is 1. The number of nitrogens with one attached hydrogen (secondary N) is 1. The molecule has 0 aliphatic heterocycles. The van der Waals surface area contributed by atoms with Crippen LogP contribution in [0.3, 0.4) is 0 Å². The minimum Gasteiger partial charge on any atom is -0.505 e. The second-order valence-corrected chi connectivity index (χ2v) is 8.10. The largest absolute Gasteiger partial charge is 0.505 e. The lowest BCUT2D eigenvalue weighted by molar-refractivity contribution is 0.0597. The van der Waals surface area contributed by atoms with Gasteiger partial charge in [0.2, 0.25) is 0 Å². The topological polar surface area (TPSA) is 106 Å². The van der Waals surface area contributed by atoms with Crippen molar-refractivity contribution in [1.82, 2.24) is 14.1 Å². The Balaban J connectivity index is 2.21. The summed E-state index contributed by atoms with van der Waals surface area (Å²) in [6.45, 7) is 1.70. The second kappa shape index (κ2) is 7.03. The molecule has 9 heteroatoms. The van der Waals surface area contributed by atoms with Crippen molar-refractivity contribution in [2.24, 2.45) is 14.1 Å². The Bertz CT molecular complexity index is 1420. The lowest BCUT2D eigenvalue weighted by Gasteiger charge is -2.05. The minimum atomic E-state index is -0.658. The van der Waals surface area contributed by atoms with Crippen molar-refractivity contribution >= 4 is 28.3 Å². The Morgan fingerprint density at radius 2 is 1.80 bits per heavy atom. The molecule has 30 heavy (non-hydrogen) atoms. The maximum atomic E-state index is 13.1. The zero-order valence-electron chi connectivity index (χ0n) is 16.8. The van der Waals surface area contributed by atoms with Crippen LogP contribution in [0.4, 0.5) is 0 Å². The highest BCUT2D eigenvalue weighted by Crippen LogP contribution is 2.47. The van der Waals surface area contributed by atoms with Gasteiger partial charge in [0, 0.05) is 24.5 Å². The molecular weight excluding hydrogens is 406 g/mol. The third-order valence-electron chi connectivity index (χ3n) is 5.15. The summed E-state index contributed by atoms with van der Waals surface area (Å²) in [6, 6.07) is 9.27. The molecule has 154 valence electrons. The number of ether oxygens (including phenoxy) is 1. The van der Waals surface area contributed by atoms with E-state index in [0.717, 1.165) is 10.1 Å². The van der Waals surface area contributed by atoms with Gasteiger partial charge in [-0.1, -0.05) is 30.3 Å². The quantitative estimate of drug-likeness (QED) is 0.491. The molecule has 0 amide bonds. The van der Waals surface area contributed by atoms with Gasteiger partial charge < -0.3 is 14.8 Å². The fourth-order valence-corrected chi connectivity index (χ4v) is 4.71. The van der Waals surface area contributed by atoms with E-state index in [0.29, 0.717) is 26.7 Å². The van der Waals surface area contributed by atoms with Crippen LogP contribution in [0.25, 0.3) is 32.7 Å². The summed E-state index contributed by atoms with van der Waals surface area (Å²) in [5.74, 6) is -0.910. The van der Waals surface area contributed by atoms with E-state index >= 15 is 0 Å². The molecule has 8 nitrogen and oxygen atoms in total. The molecule has 0 saturated carbocycles. The Morgan fingerprint density at radius 3 is 2.43 bits per heavy atom. The smallest absolute Gasteiger partial charge is 0.342 e. The molecule has 4 aromatic rings. The highest BCUT2D eigenvalue weighted by atomic mass is 32.1. The SMILES string of the molecule is COC(=O)c1c(C)sc(-c2c(-c3ccccc3)[nH]c3c2c(=O)n(C)c(=O)n3C)c1O. The van der Waals surface area contributed by atoms with Crippen molar-refractivity contribution in [3.63, 3.8) is 0 Å². The number of carbonyl (C=O) groups is 1. The number of hydrogen-bond acceptors (Lipinski definition) is 6. The first-order valence-electron chi connectivity index (χ1n) is 9.06. The van der Waals surface area contributed by atoms with Crippen LogP contribution in [0.1, 0.15) is 15.2 Å². The van der Waals surface area contributed by atoms with E-state index in [1.807, 2.05) is 30.3 Å². The molecule has 0 spiro atoms. The third-order valence-corrected chi connectivity index (χ3v) is 6.26. The fourth-order valence-electron chi connectivity index (χ4n) is 3.61. The molecule has 3 aromatic heterocycles. The standard InChI is InChI=1S/C21H19N3O5S/c1-10-12(20(27)29-4)16(25)17(30-10)13-14-18(23(2)21(28)24(3)19(14)26)22-15(13)11-8-6-5-7-9-11/h5-9,22,25H,1-4H3. The van der Waals surface area contributed by atoms with E-state index in [1.165, 1.54) is 30.1 Å². The summed E-state index contributed by atoms with van der Waals surface area (Å²) < 4.78 is 7.17. The number of rotatable bonds is 3. The van der Waals surface area contributed by atoms with Crippen molar-refractivity contribution < 1.29 is 14.6 Å². The number of aromatic hydroxyl groups is 1. The molecule has 1 aromatic carbocycles.